The third kappa shape index (κ3) is 3.67. The van der Waals surface area contributed by atoms with Crippen LogP contribution in [0.1, 0.15) is 23.6 Å². The lowest BCUT2D eigenvalue weighted by molar-refractivity contribution is -0.134. The molecule has 0 aromatic heterocycles. The summed E-state index contributed by atoms with van der Waals surface area (Å²) in [5.41, 5.74) is 1.11. The number of nitrogens with zero attached hydrogens (tertiary/aromatic N) is 1. The van der Waals surface area contributed by atoms with E-state index in [0.29, 0.717) is 12.1 Å². The number of benzene rings is 2. The summed E-state index contributed by atoms with van der Waals surface area (Å²) >= 11 is 0. The Morgan fingerprint density at radius 2 is 1.81 bits per heavy atom. The molecular formula is C20H20FN3O3. The largest absolute Gasteiger partial charge is 0.350 e. The lowest BCUT2D eigenvalue weighted by Crippen LogP contribution is -2.43. The number of halogens is 1. The van der Waals surface area contributed by atoms with Crippen molar-refractivity contribution in [2.75, 3.05) is 6.54 Å². The molecule has 0 radical (unpaired) electrons. The second kappa shape index (κ2) is 7.19. The van der Waals surface area contributed by atoms with E-state index in [-0.39, 0.29) is 6.54 Å². The second-order valence-corrected chi connectivity index (χ2v) is 6.66. The quantitative estimate of drug-likeness (QED) is 0.794. The Bertz CT molecular complexity index is 898. The van der Waals surface area contributed by atoms with Crippen LogP contribution in [0, 0.1) is 12.7 Å². The third-order valence-electron chi connectivity index (χ3n) is 4.74. The van der Waals surface area contributed by atoms with Crippen molar-refractivity contribution < 1.29 is 18.8 Å². The topological polar surface area (TPSA) is 78.5 Å². The van der Waals surface area contributed by atoms with Crippen LogP contribution >= 0.6 is 0 Å². The first-order valence-corrected chi connectivity index (χ1v) is 8.52. The Labute approximate surface area is 156 Å². The fraction of sp³-hybridized carbons (Fsp3) is 0.250. The van der Waals surface area contributed by atoms with E-state index < -0.39 is 29.2 Å². The average Bonchev–Trinajstić information content (AvgIpc) is 2.85. The number of hydrogen-bond donors (Lipinski definition) is 2. The van der Waals surface area contributed by atoms with Gasteiger partial charge in [0.15, 0.2) is 0 Å². The van der Waals surface area contributed by atoms with Crippen molar-refractivity contribution in [2.45, 2.75) is 25.9 Å². The molecule has 2 N–H and O–H groups in total. The van der Waals surface area contributed by atoms with Gasteiger partial charge in [0.2, 0.25) is 5.91 Å². The summed E-state index contributed by atoms with van der Waals surface area (Å²) in [5.74, 6) is -1.43. The molecule has 1 atom stereocenters. The zero-order valence-corrected chi connectivity index (χ0v) is 15.1. The minimum atomic E-state index is -1.33. The number of hydrogen-bond acceptors (Lipinski definition) is 3. The van der Waals surface area contributed by atoms with E-state index in [1.54, 1.807) is 0 Å². The van der Waals surface area contributed by atoms with E-state index in [4.69, 9.17) is 0 Å². The molecule has 1 fully saturated rings. The van der Waals surface area contributed by atoms with Crippen molar-refractivity contribution in [3.8, 4) is 0 Å². The SMILES string of the molecule is Cc1ccccc1CNC(=O)CN1C(=O)N[C@@](C)(c2ccc(F)cc2)C1=O. The Morgan fingerprint density at radius 1 is 1.15 bits per heavy atom. The third-order valence-corrected chi connectivity index (χ3v) is 4.74. The molecule has 4 amide bonds. The summed E-state index contributed by atoms with van der Waals surface area (Å²) in [7, 11) is 0. The maximum absolute atomic E-state index is 13.1. The predicted octanol–water partition coefficient (Wildman–Crippen LogP) is 2.22. The molecule has 0 unspecified atom stereocenters. The Morgan fingerprint density at radius 3 is 2.48 bits per heavy atom. The minimum Gasteiger partial charge on any atom is -0.350 e. The van der Waals surface area contributed by atoms with Gasteiger partial charge in [-0.05, 0) is 42.7 Å². The van der Waals surface area contributed by atoms with Crippen LogP contribution < -0.4 is 10.6 Å². The van der Waals surface area contributed by atoms with Gasteiger partial charge in [-0.15, -0.1) is 0 Å². The lowest BCUT2D eigenvalue weighted by Gasteiger charge is -2.22. The summed E-state index contributed by atoms with van der Waals surface area (Å²) in [4.78, 5) is 38.1. The van der Waals surface area contributed by atoms with Crippen molar-refractivity contribution in [1.29, 1.82) is 0 Å². The van der Waals surface area contributed by atoms with Crippen molar-refractivity contribution in [1.82, 2.24) is 15.5 Å². The number of carbonyl (C=O) groups is 3. The zero-order chi connectivity index (χ0) is 19.6. The number of amides is 4. The summed E-state index contributed by atoms with van der Waals surface area (Å²) < 4.78 is 13.1. The molecule has 0 bridgehead atoms. The standard InChI is InChI=1S/C20H20FN3O3/c1-13-5-3-4-6-14(13)11-22-17(25)12-24-18(26)20(2,23-19(24)27)15-7-9-16(21)10-8-15/h3-10H,11-12H2,1-2H3,(H,22,25)(H,23,27)/t20-/m0/s1. The molecule has 0 saturated carbocycles. The molecule has 140 valence electrons. The minimum absolute atomic E-state index is 0.310. The average molecular weight is 369 g/mol. The van der Waals surface area contributed by atoms with Crippen molar-refractivity contribution in [3.05, 3.63) is 71.0 Å². The van der Waals surface area contributed by atoms with Gasteiger partial charge in [-0.25, -0.2) is 9.18 Å². The van der Waals surface area contributed by atoms with Gasteiger partial charge in [0, 0.05) is 6.54 Å². The van der Waals surface area contributed by atoms with Gasteiger partial charge in [-0.3, -0.25) is 14.5 Å². The highest BCUT2D eigenvalue weighted by Crippen LogP contribution is 2.28. The molecule has 1 aliphatic heterocycles. The van der Waals surface area contributed by atoms with Crippen molar-refractivity contribution in [3.63, 3.8) is 0 Å². The zero-order valence-electron chi connectivity index (χ0n) is 15.1. The van der Waals surface area contributed by atoms with Gasteiger partial charge < -0.3 is 10.6 Å². The first-order valence-electron chi connectivity index (χ1n) is 8.52. The van der Waals surface area contributed by atoms with E-state index in [1.807, 2.05) is 31.2 Å². The number of nitrogens with one attached hydrogen (secondary N) is 2. The molecule has 1 heterocycles. The summed E-state index contributed by atoms with van der Waals surface area (Å²) in [6.07, 6.45) is 0. The number of imide groups is 1. The van der Waals surface area contributed by atoms with E-state index in [2.05, 4.69) is 10.6 Å². The van der Waals surface area contributed by atoms with Crippen LogP contribution in [-0.2, 0) is 21.7 Å². The number of rotatable bonds is 5. The summed E-state index contributed by atoms with van der Waals surface area (Å²) in [6, 6.07) is 12.3. The van der Waals surface area contributed by atoms with Crippen LogP contribution in [0.5, 0.6) is 0 Å². The van der Waals surface area contributed by atoms with Gasteiger partial charge in [0.25, 0.3) is 5.91 Å². The van der Waals surface area contributed by atoms with Crippen molar-refractivity contribution in [2.24, 2.45) is 0 Å². The maximum Gasteiger partial charge on any atom is 0.325 e. The molecule has 27 heavy (non-hydrogen) atoms. The van der Waals surface area contributed by atoms with Gasteiger partial charge in [-0.1, -0.05) is 36.4 Å². The highest BCUT2D eigenvalue weighted by Gasteiger charge is 2.49. The number of aryl methyl sites for hydroxylation is 1. The second-order valence-electron chi connectivity index (χ2n) is 6.66. The molecule has 1 aliphatic rings. The Kier molecular flexibility index (Phi) is 4.94. The molecule has 0 aliphatic carbocycles. The molecule has 2 aromatic carbocycles. The Balaban J connectivity index is 1.67. The normalized spacial score (nSPS) is 19.1. The van der Waals surface area contributed by atoms with Crippen LogP contribution in [0.15, 0.2) is 48.5 Å². The van der Waals surface area contributed by atoms with Crippen LogP contribution in [0.25, 0.3) is 0 Å². The van der Waals surface area contributed by atoms with Crippen LogP contribution in [0.4, 0.5) is 9.18 Å². The predicted molar refractivity (Wildman–Crippen MR) is 97.0 cm³/mol. The molecule has 3 rings (SSSR count). The fourth-order valence-corrected chi connectivity index (χ4v) is 3.02. The first kappa shape index (κ1) is 18.6. The molecule has 6 nitrogen and oxygen atoms in total. The lowest BCUT2D eigenvalue weighted by atomic mass is 9.92. The highest BCUT2D eigenvalue weighted by molar-refractivity contribution is 6.09. The van der Waals surface area contributed by atoms with E-state index >= 15 is 0 Å². The van der Waals surface area contributed by atoms with E-state index in [0.717, 1.165) is 16.0 Å². The molecular weight excluding hydrogens is 349 g/mol. The smallest absolute Gasteiger partial charge is 0.325 e. The van der Waals surface area contributed by atoms with Gasteiger partial charge in [-0.2, -0.15) is 0 Å². The van der Waals surface area contributed by atoms with Crippen LogP contribution in [0.3, 0.4) is 0 Å². The Hall–Kier alpha value is -3.22. The van der Waals surface area contributed by atoms with E-state index in [1.165, 1.54) is 31.2 Å². The number of urea groups is 1. The highest BCUT2D eigenvalue weighted by atomic mass is 19.1. The number of carbonyl (C=O) groups excluding carboxylic acids is 3. The van der Waals surface area contributed by atoms with E-state index in [9.17, 15) is 18.8 Å². The fourth-order valence-electron chi connectivity index (χ4n) is 3.02. The van der Waals surface area contributed by atoms with Crippen LogP contribution in [0.2, 0.25) is 0 Å². The van der Waals surface area contributed by atoms with Gasteiger partial charge >= 0.3 is 6.03 Å². The van der Waals surface area contributed by atoms with Gasteiger partial charge in [0.1, 0.15) is 17.9 Å². The summed E-state index contributed by atoms with van der Waals surface area (Å²) in [5, 5.41) is 5.31. The molecule has 2 aromatic rings. The summed E-state index contributed by atoms with van der Waals surface area (Å²) in [6.45, 7) is 3.40. The maximum atomic E-state index is 13.1. The first-order chi connectivity index (χ1) is 12.8. The van der Waals surface area contributed by atoms with Crippen molar-refractivity contribution >= 4 is 17.8 Å². The molecule has 0 spiro atoms. The van der Waals surface area contributed by atoms with Crippen LogP contribution in [-0.4, -0.2) is 29.3 Å². The molecule has 7 heteroatoms. The van der Waals surface area contributed by atoms with Gasteiger partial charge in [0.05, 0.1) is 0 Å². The molecule has 1 saturated heterocycles. The monoisotopic (exact) mass is 369 g/mol.